The average molecular weight is 293 g/mol. The van der Waals surface area contributed by atoms with Crippen LogP contribution in [-0.2, 0) is 19.8 Å². The lowest BCUT2D eigenvalue weighted by molar-refractivity contribution is -0.152. The Morgan fingerprint density at radius 3 is 2.48 bits per heavy atom. The number of unbranched alkanes of at least 4 members (excludes halogenated alkanes) is 3. The lowest BCUT2D eigenvalue weighted by atomic mass is 9.92. The summed E-state index contributed by atoms with van der Waals surface area (Å²) in [5, 5.41) is 0. The third-order valence-corrected chi connectivity index (χ3v) is 3.40. The van der Waals surface area contributed by atoms with Gasteiger partial charge in [-0.15, -0.1) is 0 Å². The Balaban J connectivity index is 2.63. The Morgan fingerprint density at radius 1 is 1.14 bits per heavy atom. The lowest BCUT2D eigenvalue weighted by Gasteiger charge is -2.27. The molecule has 0 aliphatic rings. The molecule has 4 nitrogen and oxygen atoms in total. The first-order valence-corrected chi connectivity index (χ1v) is 7.74. The normalized spacial score (nSPS) is 13.7. The number of nitrogens with two attached hydrogens (primary N) is 1. The molecule has 0 aliphatic carbocycles. The van der Waals surface area contributed by atoms with Crippen LogP contribution in [0.1, 0.15) is 45.1 Å². The van der Waals surface area contributed by atoms with Crippen molar-refractivity contribution in [2.24, 2.45) is 5.73 Å². The Hall–Kier alpha value is -1.39. The molecule has 0 radical (unpaired) electrons. The highest BCUT2D eigenvalue weighted by Crippen LogP contribution is 2.21. The molecule has 21 heavy (non-hydrogen) atoms. The summed E-state index contributed by atoms with van der Waals surface area (Å²) < 4.78 is 10.8. The molecule has 0 heterocycles. The van der Waals surface area contributed by atoms with E-state index in [4.69, 9.17) is 15.2 Å². The van der Waals surface area contributed by atoms with Gasteiger partial charge in [-0.2, -0.15) is 0 Å². The van der Waals surface area contributed by atoms with Crippen molar-refractivity contribution in [1.82, 2.24) is 0 Å². The quantitative estimate of drug-likeness (QED) is 0.532. The van der Waals surface area contributed by atoms with Gasteiger partial charge in [-0.05, 0) is 18.9 Å². The number of esters is 1. The maximum atomic E-state index is 12.2. The molecule has 0 fully saturated rings. The molecule has 0 aromatic heterocycles. The number of carbonyl (C=O) groups excluding carboxylic acids is 1. The minimum absolute atomic E-state index is 0.141. The van der Waals surface area contributed by atoms with Crippen LogP contribution in [0.2, 0.25) is 0 Å². The van der Waals surface area contributed by atoms with Gasteiger partial charge in [0.05, 0.1) is 13.2 Å². The van der Waals surface area contributed by atoms with Gasteiger partial charge in [0, 0.05) is 6.61 Å². The van der Waals surface area contributed by atoms with Gasteiger partial charge < -0.3 is 15.2 Å². The van der Waals surface area contributed by atoms with Crippen LogP contribution in [0.25, 0.3) is 0 Å². The highest BCUT2D eigenvalue weighted by molar-refractivity contribution is 5.82. The van der Waals surface area contributed by atoms with Crippen LogP contribution in [0, 0.1) is 0 Å². The third kappa shape index (κ3) is 5.48. The smallest absolute Gasteiger partial charge is 0.333 e. The van der Waals surface area contributed by atoms with Gasteiger partial charge >= 0.3 is 5.97 Å². The summed E-state index contributed by atoms with van der Waals surface area (Å²) in [6.45, 7) is 5.01. The molecule has 118 valence electrons. The minimum Gasteiger partial charge on any atom is -0.464 e. The second-order valence-corrected chi connectivity index (χ2v) is 5.17. The van der Waals surface area contributed by atoms with Crippen LogP contribution in [0.15, 0.2) is 30.3 Å². The molecule has 0 bridgehead atoms. The second kappa shape index (κ2) is 9.53. The van der Waals surface area contributed by atoms with E-state index in [1.165, 1.54) is 12.8 Å². The average Bonchev–Trinajstić information content (AvgIpc) is 2.51. The molecule has 0 aliphatic heterocycles. The number of rotatable bonds is 10. The van der Waals surface area contributed by atoms with E-state index in [2.05, 4.69) is 6.92 Å². The van der Waals surface area contributed by atoms with Crippen molar-refractivity contribution < 1.29 is 14.3 Å². The van der Waals surface area contributed by atoms with Crippen LogP contribution in [0.3, 0.4) is 0 Å². The Labute approximate surface area is 127 Å². The van der Waals surface area contributed by atoms with Crippen LogP contribution in [-0.4, -0.2) is 25.8 Å². The van der Waals surface area contributed by atoms with Crippen molar-refractivity contribution in [3.05, 3.63) is 35.9 Å². The van der Waals surface area contributed by atoms with E-state index in [1.54, 1.807) is 6.92 Å². The Kier molecular flexibility index (Phi) is 8.01. The van der Waals surface area contributed by atoms with Gasteiger partial charge in [-0.25, -0.2) is 4.79 Å². The molecule has 1 aromatic carbocycles. The van der Waals surface area contributed by atoms with Crippen LogP contribution in [0.5, 0.6) is 0 Å². The SMILES string of the molecule is CCCCCCOCC(N)(C(=O)OCC)c1ccccc1. The van der Waals surface area contributed by atoms with Crippen molar-refractivity contribution in [2.45, 2.75) is 45.1 Å². The van der Waals surface area contributed by atoms with E-state index in [0.29, 0.717) is 13.2 Å². The van der Waals surface area contributed by atoms with E-state index >= 15 is 0 Å². The van der Waals surface area contributed by atoms with E-state index in [0.717, 1.165) is 18.4 Å². The summed E-state index contributed by atoms with van der Waals surface area (Å²) in [5.41, 5.74) is 5.78. The van der Waals surface area contributed by atoms with Crippen LogP contribution >= 0.6 is 0 Å². The first-order chi connectivity index (χ1) is 10.1. The maximum Gasteiger partial charge on any atom is 0.333 e. The molecule has 1 atom stereocenters. The standard InChI is InChI=1S/C17H27NO3/c1-3-5-6-10-13-20-14-17(18,16(19)21-4-2)15-11-8-7-9-12-15/h7-9,11-12H,3-6,10,13-14,18H2,1-2H3. The van der Waals surface area contributed by atoms with Crippen LogP contribution in [0.4, 0.5) is 0 Å². The van der Waals surface area contributed by atoms with E-state index < -0.39 is 11.5 Å². The zero-order valence-electron chi connectivity index (χ0n) is 13.1. The Morgan fingerprint density at radius 2 is 1.86 bits per heavy atom. The summed E-state index contributed by atoms with van der Waals surface area (Å²) in [5.74, 6) is -0.440. The predicted octanol–water partition coefficient (Wildman–Crippen LogP) is 3.00. The molecule has 1 rings (SSSR count). The molecule has 1 aromatic rings. The topological polar surface area (TPSA) is 61.5 Å². The van der Waals surface area contributed by atoms with E-state index in [-0.39, 0.29) is 6.61 Å². The van der Waals surface area contributed by atoms with Gasteiger partial charge in [-0.3, -0.25) is 0 Å². The molecule has 0 amide bonds. The number of ether oxygens (including phenoxy) is 2. The van der Waals surface area contributed by atoms with Crippen molar-refractivity contribution in [1.29, 1.82) is 0 Å². The molecular weight excluding hydrogens is 266 g/mol. The summed E-state index contributed by atoms with van der Waals surface area (Å²) in [4.78, 5) is 12.2. The molecular formula is C17H27NO3. The van der Waals surface area contributed by atoms with Crippen molar-refractivity contribution in [3.8, 4) is 0 Å². The number of benzene rings is 1. The van der Waals surface area contributed by atoms with Crippen molar-refractivity contribution >= 4 is 5.97 Å². The molecule has 0 saturated heterocycles. The molecule has 0 spiro atoms. The van der Waals surface area contributed by atoms with Crippen LogP contribution < -0.4 is 5.73 Å². The van der Waals surface area contributed by atoms with E-state index in [1.807, 2.05) is 30.3 Å². The van der Waals surface area contributed by atoms with Gasteiger partial charge in [0.15, 0.2) is 5.54 Å². The highest BCUT2D eigenvalue weighted by Gasteiger charge is 2.37. The minimum atomic E-state index is -1.23. The van der Waals surface area contributed by atoms with Gasteiger partial charge in [-0.1, -0.05) is 56.5 Å². The second-order valence-electron chi connectivity index (χ2n) is 5.17. The highest BCUT2D eigenvalue weighted by atomic mass is 16.5. The maximum absolute atomic E-state index is 12.2. The van der Waals surface area contributed by atoms with Crippen molar-refractivity contribution in [2.75, 3.05) is 19.8 Å². The molecule has 1 unspecified atom stereocenters. The van der Waals surface area contributed by atoms with Gasteiger partial charge in [0.1, 0.15) is 0 Å². The summed E-state index contributed by atoms with van der Waals surface area (Å²) in [6, 6.07) is 9.27. The largest absolute Gasteiger partial charge is 0.464 e. The monoisotopic (exact) mass is 293 g/mol. The Bertz CT molecular complexity index is 408. The summed E-state index contributed by atoms with van der Waals surface area (Å²) in [6.07, 6.45) is 4.52. The zero-order valence-corrected chi connectivity index (χ0v) is 13.1. The van der Waals surface area contributed by atoms with Crippen molar-refractivity contribution in [3.63, 3.8) is 0 Å². The first-order valence-electron chi connectivity index (χ1n) is 7.74. The predicted molar refractivity (Wildman–Crippen MR) is 83.9 cm³/mol. The molecule has 4 heteroatoms. The molecule has 2 N–H and O–H groups in total. The number of hydrogen-bond donors (Lipinski definition) is 1. The zero-order chi connectivity index (χ0) is 15.6. The summed E-state index contributed by atoms with van der Waals surface area (Å²) in [7, 11) is 0. The molecule has 0 saturated carbocycles. The lowest BCUT2D eigenvalue weighted by Crippen LogP contribution is -2.50. The fraction of sp³-hybridized carbons (Fsp3) is 0.588. The summed E-state index contributed by atoms with van der Waals surface area (Å²) >= 11 is 0. The number of hydrogen-bond acceptors (Lipinski definition) is 4. The fourth-order valence-electron chi connectivity index (χ4n) is 2.12. The fourth-order valence-corrected chi connectivity index (χ4v) is 2.12. The van der Waals surface area contributed by atoms with Gasteiger partial charge in [0.25, 0.3) is 0 Å². The van der Waals surface area contributed by atoms with E-state index in [9.17, 15) is 4.79 Å². The third-order valence-electron chi connectivity index (χ3n) is 3.40. The number of carbonyl (C=O) groups is 1. The first kappa shape index (κ1) is 17.7. The van der Waals surface area contributed by atoms with Gasteiger partial charge in [0.2, 0.25) is 0 Å².